The third-order valence-corrected chi connectivity index (χ3v) is 4.04. The topological polar surface area (TPSA) is 29.1 Å². The van der Waals surface area contributed by atoms with Gasteiger partial charge in [-0.3, -0.25) is 4.79 Å². The summed E-state index contributed by atoms with van der Waals surface area (Å²) in [6.45, 7) is 3.87. The highest BCUT2D eigenvalue weighted by atomic mass is 35.5. The van der Waals surface area contributed by atoms with E-state index in [0.29, 0.717) is 15.6 Å². The lowest BCUT2D eigenvalue weighted by Gasteiger charge is -2.26. The highest BCUT2D eigenvalue weighted by molar-refractivity contribution is 7.18. The Labute approximate surface area is 126 Å². The molecular formula is C15H15ClFNOS. The van der Waals surface area contributed by atoms with Crippen LogP contribution in [0, 0.1) is 5.82 Å². The van der Waals surface area contributed by atoms with Crippen LogP contribution < -0.4 is 5.32 Å². The fraction of sp³-hybridized carbons (Fsp3) is 0.267. The van der Waals surface area contributed by atoms with Gasteiger partial charge in [0.25, 0.3) is 5.91 Å². The van der Waals surface area contributed by atoms with Gasteiger partial charge in [0.2, 0.25) is 0 Å². The predicted octanol–water partition coefficient (Wildman–Crippen LogP) is 4.29. The van der Waals surface area contributed by atoms with E-state index in [4.69, 9.17) is 11.6 Å². The maximum absolute atomic E-state index is 12.9. The van der Waals surface area contributed by atoms with E-state index < -0.39 is 5.54 Å². The Hall–Kier alpha value is -1.39. The van der Waals surface area contributed by atoms with Crippen molar-refractivity contribution in [3.05, 3.63) is 57.0 Å². The number of carbonyl (C=O) groups excluding carboxylic acids is 1. The molecule has 1 aromatic heterocycles. The molecule has 1 aromatic carbocycles. The van der Waals surface area contributed by atoms with Crippen LogP contribution in [0.3, 0.4) is 0 Å². The SMILES string of the molecule is CC(C)(Cc1ccc(F)cc1)NC(=O)c1ccc(Cl)s1. The maximum Gasteiger partial charge on any atom is 0.261 e. The molecule has 0 saturated carbocycles. The quantitative estimate of drug-likeness (QED) is 0.896. The normalized spacial score (nSPS) is 11.4. The third kappa shape index (κ3) is 4.05. The number of amides is 1. The lowest BCUT2D eigenvalue weighted by Crippen LogP contribution is -2.44. The molecular weight excluding hydrogens is 297 g/mol. The average Bonchev–Trinajstić information content (AvgIpc) is 2.78. The second kappa shape index (κ2) is 5.94. The molecule has 2 nitrogen and oxygen atoms in total. The minimum atomic E-state index is -0.425. The molecule has 0 aliphatic carbocycles. The van der Waals surface area contributed by atoms with Crippen LogP contribution in [0.4, 0.5) is 4.39 Å². The summed E-state index contributed by atoms with van der Waals surface area (Å²) >= 11 is 7.07. The Morgan fingerprint density at radius 3 is 2.45 bits per heavy atom. The van der Waals surface area contributed by atoms with Crippen molar-refractivity contribution in [2.75, 3.05) is 0 Å². The van der Waals surface area contributed by atoms with Crippen molar-refractivity contribution in [1.82, 2.24) is 5.32 Å². The maximum atomic E-state index is 12.9. The monoisotopic (exact) mass is 311 g/mol. The zero-order valence-electron chi connectivity index (χ0n) is 11.2. The number of carbonyl (C=O) groups is 1. The zero-order chi connectivity index (χ0) is 14.8. The number of benzene rings is 1. The smallest absolute Gasteiger partial charge is 0.261 e. The molecule has 0 fully saturated rings. The van der Waals surface area contributed by atoms with Gasteiger partial charge in [-0.05, 0) is 50.1 Å². The van der Waals surface area contributed by atoms with Gasteiger partial charge in [0.15, 0.2) is 0 Å². The van der Waals surface area contributed by atoms with Gasteiger partial charge in [-0.1, -0.05) is 23.7 Å². The van der Waals surface area contributed by atoms with Crippen LogP contribution in [-0.2, 0) is 6.42 Å². The van der Waals surface area contributed by atoms with Crippen LogP contribution in [-0.4, -0.2) is 11.4 Å². The van der Waals surface area contributed by atoms with Crippen molar-refractivity contribution in [3.8, 4) is 0 Å². The van der Waals surface area contributed by atoms with Gasteiger partial charge in [0, 0.05) is 5.54 Å². The van der Waals surface area contributed by atoms with Crippen LogP contribution in [0.1, 0.15) is 29.1 Å². The van der Waals surface area contributed by atoms with Crippen LogP contribution >= 0.6 is 22.9 Å². The van der Waals surface area contributed by atoms with Crippen molar-refractivity contribution in [3.63, 3.8) is 0 Å². The molecule has 20 heavy (non-hydrogen) atoms. The molecule has 5 heteroatoms. The first kappa shape index (κ1) is 15.0. The van der Waals surface area contributed by atoms with Gasteiger partial charge in [-0.25, -0.2) is 4.39 Å². The summed E-state index contributed by atoms with van der Waals surface area (Å²) in [5.74, 6) is -0.405. The largest absolute Gasteiger partial charge is 0.346 e. The number of thiophene rings is 1. The van der Waals surface area contributed by atoms with Crippen LogP contribution in [0.5, 0.6) is 0 Å². The van der Waals surface area contributed by atoms with Crippen LogP contribution in [0.2, 0.25) is 4.34 Å². The Morgan fingerprint density at radius 2 is 1.90 bits per heavy atom. The van der Waals surface area contributed by atoms with Crippen molar-refractivity contribution >= 4 is 28.8 Å². The first-order valence-electron chi connectivity index (χ1n) is 6.18. The van der Waals surface area contributed by atoms with E-state index in [0.717, 1.165) is 5.56 Å². The first-order valence-corrected chi connectivity index (χ1v) is 7.37. The van der Waals surface area contributed by atoms with E-state index in [2.05, 4.69) is 5.32 Å². The molecule has 0 bridgehead atoms. The standard InChI is InChI=1S/C15H15ClFNOS/c1-15(2,9-10-3-5-11(17)6-4-10)18-14(19)12-7-8-13(16)20-12/h3-8H,9H2,1-2H3,(H,18,19). The summed E-state index contributed by atoms with van der Waals surface area (Å²) in [6, 6.07) is 9.71. The highest BCUT2D eigenvalue weighted by Gasteiger charge is 2.22. The van der Waals surface area contributed by atoms with Crippen LogP contribution in [0.15, 0.2) is 36.4 Å². The minimum Gasteiger partial charge on any atom is -0.346 e. The lowest BCUT2D eigenvalue weighted by atomic mass is 9.95. The molecule has 2 aromatic rings. The molecule has 1 amide bonds. The molecule has 0 saturated heterocycles. The van der Waals surface area contributed by atoms with Gasteiger partial charge in [0.05, 0.1) is 9.21 Å². The van der Waals surface area contributed by atoms with E-state index >= 15 is 0 Å². The molecule has 106 valence electrons. The van der Waals surface area contributed by atoms with Gasteiger partial charge in [0.1, 0.15) is 5.82 Å². The number of hydrogen-bond donors (Lipinski definition) is 1. The highest BCUT2D eigenvalue weighted by Crippen LogP contribution is 2.22. The van der Waals surface area contributed by atoms with Gasteiger partial charge < -0.3 is 5.32 Å². The molecule has 1 N–H and O–H groups in total. The molecule has 1 heterocycles. The molecule has 2 rings (SSSR count). The average molecular weight is 312 g/mol. The van der Waals surface area contributed by atoms with Gasteiger partial charge >= 0.3 is 0 Å². The molecule has 0 unspecified atom stereocenters. The number of hydrogen-bond acceptors (Lipinski definition) is 2. The number of nitrogens with one attached hydrogen (secondary N) is 1. The second-order valence-electron chi connectivity index (χ2n) is 5.25. The Bertz CT molecular complexity index is 607. The fourth-order valence-corrected chi connectivity index (χ4v) is 2.90. The summed E-state index contributed by atoms with van der Waals surface area (Å²) in [6.07, 6.45) is 0.623. The first-order chi connectivity index (χ1) is 9.35. The van der Waals surface area contributed by atoms with Crippen molar-refractivity contribution in [1.29, 1.82) is 0 Å². The fourth-order valence-electron chi connectivity index (χ4n) is 1.96. The summed E-state index contributed by atoms with van der Waals surface area (Å²) in [5, 5.41) is 2.97. The van der Waals surface area contributed by atoms with Crippen molar-refractivity contribution in [2.45, 2.75) is 25.8 Å². The van der Waals surface area contributed by atoms with Gasteiger partial charge in [-0.2, -0.15) is 0 Å². The molecule has 0 aliphatic rings. The summed E-state index contributed by atoms with van der Waals surface area (Å²) < 4.78 is 13.5. The second-order valence-corrected chi connectivity index (χ2v) is 6.96. The Morgan fingerprint density at radius 1 is 1.25 bits per heavy atom. The lowest BCUT2D eigenvalue weighted by molar-refractivity contribution is 0.0917. The number of halogens is 2. The van der Waals surface area contributed by atoms with E-state index in [1.165, 1.54) is 23.5 Å². The van der Waals surface area contributed by atoms with Crippen molar-refractivity contribution in [2.24, 2.45) is 0 Å². The molecule has 0 aliphatic heterocycles. The van der Waals surface area contributed by atoms with E-state index in [1.54, 1.807) is 24.3 Å². The summed E-state index contributed by atoms with van der Waals surface area (Å²) in [7, 11) is 0. The summed E-state index contributed by atoms with van der Waals surface area (Å²) in [5.41, 5.74) is 0.548. The van der Waals surface area contributed by atoms with E-state index in [1.807, 2.05) is 13.8 Å². The van der Waals surface area contributed by atoms with E-state index in [9.17, 15) is 9.18 Å². The molecule has 0 radical (unpaired) electrons. The zero-order valence-corrected chi connectivity index (χ0v) is 12.8. The summed E-state index contributed by atoms with van der Waals surface area (Å²) in [4.78, 5) is 12.7. The molecule has 0 atom stereocenters. The Balaban J connectivity index is 2.03. The van der Waals surface area contributed by atoms with Gasteiger partial charge in [-0.15, -0.1) is 11.3 Å². The Kier molecular flexibility index (Phi) is 4.45. The van der Waals surface area contributed by atoms with E-state index in [-0.39, 0.29) is 11.7 Å². The predicted molar refractivity (Wildman–Crippen MR) is 81.0 cm³/mol. The number of rotatable bonds is 4. The third-order valence-electron chi connectivity index (χ3n) is 2.81. The van der Waals surface area contributed by atoms with Crippen molar-refractivity contribution < 1.29 is 9.18 Å². The molecule has 0 spiro atoms. The minimum absolute atomic E-state index is 0.144. The van der Waals surface area contributed by atoms with Crippen LogP contribution in [0.25, 0.3) is 0 Å².